The Morgan fingerprint density at radius 2 is 2.10 bits per heavy atom. The van der Waals surface area contributed by atoms with E-state index in [4.69, 9.17) is 21.1 Å². The molecular formula is C15H20ClNO4. The number of nitrogens with zero attached hydrogens (tertiary/aromatic N) is 1. The number of hydrogen-bond donors (Lipinski definition) is 1. The van der Waals surface area contributed by atoms with Gasteiger partial charge in [0, 0.05) is 25.1 Å². The summed E-state index contributed by atoms with van der Waals surface area (Å²) in [4.78, 5) is 13.4. The lowest BCUT2D eigenvalue weighted by Gasteiger charge is -2.39. The Morgan fingerprint density at radius 1 is 1.43 bits per heavy atom. The monoisotopic (exact) mass is 313 g/mol. The normalized spacial score (nSPS) is 15.5. The number of hydrogen-bond acceptors (Lipinski definition) is 4. The van der Waals surface area contributed by atoms with E-state index in [9.17, 15) is 9.90 Å². The predicted octanol–water partition coefficient (Wildman–Crippen LogP) is 3.29. The molecule has 1 aromatic rings. The summed E-state index contributed by atoms with van der Waals surface area (Å²) in [6.07, 6.45) is -0.297. The number of phenols is 1. The standard InChI is InChI=1S/C15H20ClNO4/c1-15(2,3)21-14(19)17-7-10(8-17)9-20-13-6-11(18)4-5-12(13)16/h4-6,10,18H,7-9H2,1-3H3. The van der Waals surface area contributed by atoms with E-state index in [-0.39, 0.29) is 17.8 Å². The first-order valence-electron chi connectivity index (χ1n) is 6.84. The maximum absolute atomic E-state index is 11.8. The molecule has 2 rings (SSSR count). The highest BCUT2D eigenvalue weighted by atomic mass is 35.5. The second-order valence-corrected chi connectivity index (χ2v) is 6.58. The molecule has 0 aliphatic carbocycles. The number of carbonyl (C=O) groups is 1. The highest BCUT2D eigenvalue weighted by molar-refractivity contribution is 6.32. The van der Waals surface area contributed by atoms with Gasteiger partial charge in [-0.15, -0.1) is 0 Å². The summed E-state index contributed by atoms with van der Waals surface area (Å²) in [6, 6.07) is 4.56. The number of phenolic OH excluding ortho intramolecular Hbond substituents is 1. The summed E-state index contributed by atoms with van der Waals surface area (Å²) < 4.78 is 10.9. The summed E-state index contributed by atoms with van der Waals surface area (Å²) in [5.74, 6) is 0.807. The molecule has 0 saturated carbocycles. The quantitative estimate of drug-likeness (QED) is 0.930. The fraction of sp³-hybridized carbons (Fsp3) is 0.533. The van der Waals surface area contributed by atoms with Gasteiger partial charge in [0.15, 0.2) is 0 Å². The van der Waals surface area contributed by atoms with Crippen LogP contribution in [0.5, 0.6) is 11.5 Å². The Morgan fingerprint density at radius 3 is 2.71 bits per heavy atom. The number of carbonyl (C=O) groups excluding carboxylic acids is 1. The van der Waals surface area contributed by atoms with Crippen LogP contribution in [0.3, 0.4) is 0 Å². The number of likely N-dealkylation sites (tertiary alicyclic amines) is 1. The number of amides is 1. The third kappa shape index (κ3) is 4.43. The molecule has 5 nitrogen and oxygen atoms in total. The first-order valence-corrected chi connectivity index (χ1v) is 7.21. The Balaban J connectivity index is 1.76. The lowest BCUT2D eigenvalue weighted by Crippen LogP contribution is -2.53. The second kappa shape index (κ2) is 6.02. The van der Waals surface area contributed by atoms with Crippen LogP contribution in [0.2, 0.25) is 5.02 Å². The molecule has 1 fully saturated rings. The first-order chi connectivity index (χ1) is 9.74. The van der Waals surface area contributed by atoms with Gasteiger partial charge in [-0.2, -0.15) is 0 Å². The summed E-state index contributed by atoms with van der Waals surface area (Å²) in [5, 5.41) is 9.84. The minimum absolute atomic E-state index is 0.110. The maximum Gasteiger partial charge on any atom is 0.410 e. The van der Waals surface area contributed by atoms with Crippen LogP contribution in [0.25, 0.3) is 0 Å². The fourth-order valence-electron chi connectivity index (χ4n) is 1.96. The smallest absolute Gasteiger partial charge is 0.410 e. The second-order valence-electron chi connectivity index (χ2n) is 6.18. The van der Waals surface area contributed by atoms with Gasteiger partial charge in [-0.3, -0.25) is 0 Å². The van der Waals surface area contributed by atoms with E-state index in [0.717, 1.165) is 0 Å². The van der Waals surface area contributed by atoms with Crippen LogP contribution >= 0.6 is 11.6 Å². The Kier molecular flexibility index (Phi) is 4.52. The third-order valence-electron chi connectivity index (χ3n) is 3.00. The van der Waals surface area contributed by atoms with E-state index in [2.05, 4.69) is 0 Å². The van der Waals surface area contributed by atoms with Crippen molar-refractivity contribution in [1.82, 2.24) is 4.90 Å². The highest BCUT2D eigenvalue weighted by Crippen LogP contribution is 2.29. The zero-order valence-electron chi connectivity index (χ0n) is 12.4. The molecule has 0 bridgehead atoms. The number of benzene rings is 1. The van der Waals surface area contributed by atoms with Crippen molar-refractivity contribution >= 4 is 17.7 Å². The van der Waals surface area contributed by atoms with Crippen LogP contribution in [-0.2, 0) is 4.74 Å². The summed E-state index contributed by atoms with van der Waals surface area (Å²) in [5.41, 5.74) is -0.478. The highest BCUT2D eigenvalue weighted by Gasteiger charge is 2.34. The van der Waals surface area contributed by atoms with Gasteiger partial charge in [0.05, 0.1) is 11.6 Å². The van der Waals surface area contributed by atoms with Gasteiger partial charge in [-0.1, -0.05) is 11.6 Å². The van der Waals surface area contributed by atoms with Crippen LogP contribution in [0.15, 0.2) is 18.2 Å². The zero-order valence-corrected chi connectivity index (χ0v) is 13.2. The molecule has 1 N–H and O–H groups in total. The van der Waals surface area contributed by atoms with Gasteiger partial charge in [0.1, 0.15) is 17.1 Å². The molecule has 0 aromatic heterocycles. The van der Waals surface area contributed by atoms with Crippen molar-refractivity contribution in [2.24, 2.45) is 5.92 Å². The summed E-state index contributed by atoms with van der Waals surface area (Å²) in [6.45, 7) is 7.18. The molecule has 1 amide bonds. The third-order valence-corrected chi connectivity index (χ3v) is 3.31. The Bertz CT molecular complexity index is 521. The van der Waals surface area contributed by atoms with E-state index in [1.165, 1.54) is 12.1 Å². The van der Waals surface area contributed by atoms with Crippen LogP contribution in [0.4, 0.5) is 4.79 Å². The van der Waals surface area contributed by atoms with Crippen LogP contribution in [-0.4, -0.2) is 41.4 Å². The molecule has 0 spiro atoms. The molecule has 1 saturated heterocycles. The van der Waals surface area contributed by atoms with Crippen molar-refractivity contribution in [2.45, 2.75) is 26.4 Å². The summed E-state index contributed by atoms with van der Waals surface area (Å²) in [7, 11) is 0. The van der Waals surface area contributed by atoms with Crippen molar-refractivity contribution in [3.8, 4) is 11.5 Å². The topological polar surface area (TPSA) is 59.0 Å². The summed E-state index contributed by atoms with van der Waals surface area (Å²) >= 11 is 5.97. The van der Waals surface area contributed by atoms with Gasteiger partial charge in [0.25, 0.3) is 0 Å². The van der Waals surface area contributed by atoms with Crippen molar-refractivity contribution < 1.29 is 19.4 Å². The minimum atomic E-state index is -0.478. The van der Waals surface area contributed by atoms with Crippen LogP contribution in [0, 0.1) is 5.92 Å². The maximum atomic E-state index is 11.8. The van der Waals surface area contributed by atoms with Crippen LogP contribution in [0.1, 0.15) is 20.8 Å². The average molecular weight is 314 g/mol. The van der Waals surface area contributed by atoms with Crippen molar-refractivity contribution in [2.75, 3.05) is 19.7 Å². The van der Waals surface area contributed by atoms with E-state index in [1.807, 2.05) is 20.8 Å². The lowest BCUT2D eigenvalue weighted by atomic mass is 10.0. The van der Waals surface area contributed by atoms with Crippen LogP contribution < -0.4 is 4.74 Å². The largest absolute Gasteiger partial charge is 0.508 e. The molecule has 21 heavy (non-hydrogen) atoms. The van der Waals surface area contributed by atoms with E-state index in [1.54, 1.807) is 11.0 Å². The van der Waals surface area contributed by atoms with E-state index < -0.39 is 5.60 Å². The van der Waals surface area contributed by atoms with Crippen molar-refractivity contribution in [1.29, 1.82) is 0 Å². The van der Waals surface area contributed by atoms with E-state index >= 15 is 0 Å². The minimum Gasteiger partial charge on any atom is -0.508 e. The first kappa shape index (κ1) is 15.8. The fourth-order valence-corrected chi connectivity index (χ4v) is 2.13. The van der Waals surface area contributed by atoms with Gasteiger partial charge in [-0.25, -0.2) is 4.79 Å². The molecule has 116 valence electrons. The zero-order chi connectivity index (χ0) is 15.6. The Hall–Kier alpha value is -1.62. The average Bonchev–Trinajstić information content (AvgIpc) is 2.29. The molecule has 6 heteroatoms. The molecule has 0 atom stereocenters. The SMILES string of the molecule is CC(C)(C)OC(=O)N1CC(COc2cc(O)ccc2Cl)C1. The predicted molar refractivity (Wildman–Crippen MR) is 79.9 cm³/mol. The van der Waals surface area contributed by atoms with Crippen molar-refractivity contribution in [3.05, 3.63) is 23.2 Å². The number of aromatic hydroxyl groups is 1. The van der Waals surface area contributed by atoms with Gasteiger partial charge >= 0.3 is 6.09 Å². The number of halogens is 1. The molecule has 0 unspecified atom stereocenters. The van der Waals surface area contributed by atoms with Gasteiger partial charge < -0.3 is 19.5 Å². The number of rotatable bonds is 3. The molecule has 1 heterocycles. The van der Waals surface area contributed by atoms with Gasteiger partial charge in [0.2, 0.25) is 0 Å². The molecule has 1 aliphatic rings. The van der Waals surface area contributed by atoms with E-state index in [0.29, 0.717) is 30.5 Å². The molecule has 0 radical (unpaired) electrons. The number of ether oxygens (including phenoxy) is 2. The van der Waals surface area contributed by atoms with Gasteiger partial charge in [-0.05, 0) is 32.9 Å². The Labute approximate surface area is 129 Å². The molecular weight excluding hydrogens is 294 g/mol. The molecule has 1 aliphatic heterocycles. The molecule has 1 aromatic carbocycles. The van der Waals surface area contributed by atoms with Crippen molar-refractivity contribution in [3.63, 3.8) is 0 Å². The lowest BCUT2D eigenvalue weighted by molar-refractivity contribution is -0.00781.